The lowest BCUT2D eigenvalue weighted by atomic mass is 10.3. The van der Waals surface area contributed by atoms with Crippen LogP contribution < -0.4 is 10.6 Å². The summed E-state index contributed by atoms with van der Waals surface area (Å²) in [7, 11) is 0. The summed E-state index contributed by atoms with van der Waals surface area (Å²) in [5.74, 6) is -0.224. The van der Waals surface area contributed by atoms with E-state index < -0.39 is 0 Å². The highest BCUT2D eigenvalue weighted by Gasteiger charge is 2.07. The van der Waals surface area contributed by atoms with Crippen molar-refractivity contribution in [3.8, 4) is 0 Å². The summed E-state index contributed by atoms with van der Waals surface area (Å²) < 4.78 is 0. The smallest absolute Gasteiger partial charge is 0.270 e. The number of nitrogens with one attached hydrogen (secondary N) is 2. The molecule has 0 spiro atoms. The van der Waals surface area contributed by atoms with Crippen molar-refractivity contribution >= 4 is 11.6 Å². The van der Waals surface area contributed by atoms with E-state index in [0.29, 0.717) is 12.2 Å². The highest BCUT2D eigenvalue weighted by atomic mass is 16.1. The zero-order valence-corrected chi connectivity index (χ0v) is 10.6. The van der Waals surface area contributed by atoms with Gasteiger partial charge in [-0.3, -0.25) is 9.78 Å². The van der Waals surface area contributed by atoms with Gasteiger partial charge < -0.3 is 10.6 Å². The van der Waals surface area contributed by atoms with Crippen molar-refractivity contribution in [2.24, 2.45) is 0 Å². The van der Waals surface area contributed by atoms with Crippen molar-refractivity contribution in [2.45, 2.75) is 13.5 Å². The monoisotopic (exact) mass is 257 g/mol. The molecule has 0 saturated heterocycles. The molecule has 0 fully saturated rings. The van der Waals surface area contributed by atoms with E-state index in [4.69, 9.17) is 0 Å². The zero-order valence-electron chi connectivity index (χ0n) is 10.6. The van der Waals surface area contributed by atoms with Crippen molar-refractivity contribution in [3.05, 3.63) is 48.3 Å². The lowest BCUT2D eigenvalue weighted by Crippen LogP contribution is -2.24. The van der Waals surface area contributed by atoms with Crippen LogP contribution in [-0.2, 0) is 6.54 Å². The largest absolute Gasteiger partial charge is 0.385 e. The first-order valence-corrected chi connectivity index (χ1v) is 6.02. The molecule has 0 atom stereocenters. The lowest BCUT2D eigenvalue weighted by Gasteiger charge is -2.06. The van der Waals surface area contributed by atoms with E-state index in [2.05, 4.69) is 25.6 Å². The van der Waals surface area contributed by atoms with Crippen molar-refractivity contribution < 1.29 is 4.79 Å². The molecular weight excluding hydrogens is 242 g/mol. The highest BCUT2D eigenvalue weighted by molar-refractivity contribution is 5.93. The van der Waals surface area contributed by atoms with E-state index in [9.17, 15) is 4.79 Å². The Kier molecular flexibility index (Phi) is 4.39. The van der Waals surface area contributed by atoms with Gasteiger partial charge in [-0.15, -0.1) is 0 Å². The topological polar surface area (TPSA) is 79.8 Å². The van der Waals surface area contributed by atoms with Crippen LogP contribution >= 0.6 is 0 Å². The fourth-order valence-electron chi connectivity index (χ4n) is 1.55. The minimum atomic E-state index is -0.224. The molecule has 6 heteroatoms. The quantitative estimate of drug-likeness (QED) is 0.842. The summed E-state index contributed by atoms with van der Waals surface area (Å²) in [6.07, 6.45) is 4.70. The van der Waals surface area contributed by atoms with Crippen LogP contribution in [0.2, 0.25) is 0 Å². The van der Waals surface area contributed by atoms with Crippen molar-refractivity contribution in [3.63, 3.8) is 0 Å². The number of anilines is 1. The van der Waals surface area contributed by atoms with Crippen LogP contribution in [0.5, 0.6) is 0 Å². The van der Waals surface area contributed by atoms with E-state index in [1.165, 1.54) is 6.33 Å². The van der Waals surface area contributed by atoms with Gasteiger partial charge in [0.05, 0.1) is 12.2 Å². The first kappa shape index (κ1) is 12.9. The molecule has 1 amide bonds. The first-order chi connectivity index (χ1) is 9.29. The number of carbonyl (C=O) groups excluding carboxylic acids is 1. The Morgan fingerprint density at radius 3 is 2.89 bits per heavy atom. The number of hydrogen-bond acceptors (Lipinski definition) is 5. The molecule has 2 rings (SSSR count). The Morgan fingerprint density at radius 1 is 1.26 bits per heavy atom. The van der Waals surface area contributed by atoms with Crippen molar-refractivity contribution in [1.82, 2.24) is 20.3 Å². The highest BCUT2D eigenvalue weighted by Crippen LogP contribution is 2.07. The van der Waals surface area contributed by atoms with Gasteiger partial charge >= 0.3 is 0 Å². The van der Waals surface area contributed by atoms with Crippen LogP contribution in [0, 0.1) is 0 Å². The standard InChI is InChI=1S/C13H15N5O/c1-2-15-10-4-6-16-12(7-10)13(19)17-8-11-3-5-14-9-18-11/h3-7,9H,2,8H2,1H3,(H,15,16)(H,17,19). The number of nitrogens with zero attached hydrogens (tertiary/aromatic N) is 3. The van der Waals surface area contributed by atoms with Crippen LogP contribution in [0.1, 0.15) is 23.1 Å². The van der Waals surface area contributed by atoms with Crippen LogP contribution in [0.4, 0.5) is 5.69 Å². The first-order valence-electron chi connectivity index (χ1n) is 6.02. The average molecular weight is 257 g/mol. The third-order valence-electron chi connectivity index (χ3n) is 2.45. The fraction of sp³-hybridized carbons (Fsp3) is 0.231. The van der Waals surface area contributed by atoms with E-state index in [1.807, 2.05) is 13.0 Å². The molecule has 2 aromatic heterocycles. The van der Waals surface area contributed by atoms with Crippen LogP contribution in [0.3, 0.4) is 0 Å². The third kappa shape index (κ3) is 3.74. The number of hydrogen-bond donors (Lipinski definition) is 2. The number of amides is 1. The minimum absolute atomic E-state index is 0.224. The maximum atomic E-state index is 11.9. The van der Waals surface area contributed by atoms with E-state index in [1.54, 1.807) is 24.5 Å². The summed E-state index contributed by atoms with van der Waals surface area (Å²) >= 11 is 0. The zero-order chi connectivity index (χ0) is 13.5. The van der Waals surface area contributed by atoms with Gasteiger partial charge in [-0.05, 0) is 25.1 Å². The lowest BCUT2D eigenvalue weighted by molar-refractivity contribution is 0.0945. The fourth-order valence-corrected chi connectivity index (χ4v) is 1.55. The van der Waals surface area contributed by atoms with Gasteiger partial charge in [0.2, 0.25) is 0 Å². The average Bonchev–Trinajstić information content (AvgIpc) is 2.46. The third-order valence-corrected chi connectivity index (χ3v) is 2.45. The molecule has 19 heavy (non-hydrogen) atoms. The van der Waals surface area contributed by atoms with E-state index in [-0.39, 0.29) is 5.91 Å². The maximum absolute atomic E-state index is 11.9. The van der Waals surface area contributed by atoms with E-state index >= 15 is 0 Å². The van der Waals surface area contributed by atoms with Crippen molar-refractivity contribution in [2.75, 3.05) is 11.9 Å². The van der Waals surface area contributed by atoms with Gasteiger partial charge in [-0.25, -0.2) is 9.97 Å². The maximum Gasteiger partial charge on any atom is 0.270 e. The molecule has 0 aliphatic rings. The molecule has 0 aliphatic heterocycles. The Hall–Kier alpha value is -2.50. The Balaban J connectivity index is 1.98. The molecule has 2 N–H and O–H groups in total. The van der Waals surface area contributed by atoms with Gasteiger partial charge in [-0.2, -0.15) is 0 Å². The Labute approximate surface area is 111 Å². The van der Waals surface area contributed by atoms with Crippen LogP contribution in [0.25, 0.3) is 0 Å². The second-order valence-electron chi connectivity index (χ2n) is 3.84. The molecule has 0 saturated carbocycles. The summed E-state index contributed by atoms with van der Waals surface area (Å²) in [5, 5.41) is 5.90. The number of carbonyl (C=O) groups is 1. The number of aromatic nitrogens is 3. The number of rotatable bonds is 5. The minimum Gasteiger partial charge on any atom is -0.385 e. The van der Waals surface area contributed by atoms with Gasteiger partial charge in [0.25, 0.3) is 5.91 Å². The predicted molar refractivity (Wildman–Crippen MR) is 71.6 cm³/mol. The van der Waals surface area contributed by atoms with Crippen LogP contribution in [-0.4, -0.2) is 27.4 Å². The summed E-state index contributed by atoms with van der Waals surface area (Å²) in [6, 6.07) is 5.30. The van der Waals surface area contributed by atoms with Gasteiger partial charge in [0, 0.05) is 24.6 Å². The van der Waals surface area contributed by atoms with Crippen LogP contribution in [0.15, 0.2) is 36.9 Å². The summed E-state index contributed by atoms with van der Waals surface area (Å²) in [6.45, 7) is 3.15. The van der Waals surface area contributed by atoms with Gasteiger partial charge in [0.1, 0.15) is 12.0 Å². The second kappa shape index (κ2) is 6.44. The molecule has 2 heterocycles. The van der Waals surface area contributed by atoms with E-state index in [0.717, 1.165) is 17.9 Å². The van der Waals surface area contributed by atoms with Crippen molar-refractivity contribution in [1.29, 1.82) is 0 Å². The molecule has 0 bridgehead atoms. The summed E-state index contributed by atoms with van der Waals surface area (Å²) in [5.41, 5.74) is 2.02. The molecule has 98 valence electrons. The van der Waals surface area contributed by atoms with Gasteiger partial charge in [0.15, 0.2) is 0 Å². The predicted octanol–water partition coefficient (Wildman–Crippen LogP) is 1.23. The molecule has 2 aromatic rings. The number of pyridine rings is 1. The molecule has 0 unspecified atom stereocenters. The molecule has 0 radical (unpaired) electrons. The molecule has 0 aliphatic carbocycles. The Bertz CT molecular complexity index is 544. The summed E-state index contributed by atoms with van der Waals surface area (Å²) in [4.78, 5) is 23.8. The second-order valence-corrected chi connectivity index (χ2v) is 3.84. The molecular formula is C13H15N5O. The normalized spacial score (nSPS) is 9.95. The van der Waals surface area contributed by atoms with Gasteiger partial charge in [-0.1, -0.05) is 0 Å². The Morgan fingerprint density at radius 2 is 2.16 bits per heavy atom. The SMILES string of the molecule is CCNc1ccnc(C(=O)NCc2ccncn2)c1. The molecule has 0 aromatic carbocycles. The molecule has 6 nitrogen and oxygen atoms in total.